The number of benzene rings is 2. The highest BCUT2D eigenvalue weighted by molar-refractivity contribution is 5.88. The minimum absolute atomic E-state index is 0.0551. The Morgan fingerprint density at radius 1 is 1.00 bits per heavy atom. The maximum atomic E-state index is 12.3. The van der Waals surface area contributed by atoms with Crippen molar-refractivity contribution in [1.29, 1.82) is 0 Å². The van der Waals surface area contributed by atoms with E-state index in [2.05, 4.69) is 17.6 Å². The van der Waals surface area contributed by atoms with Crippen LogP contribution < -0.4 is 10.6 Å². The van der Waals surface area contributed by atoms with Crippen molar-refractivity contribution in [2.24, 2.45) is 0 Å². The highest BCUT2D eigenvalue weighted by atomic mass is 16.5. The first-order valence-electron chi connectivity index (χ1n) is 9.77. The Kier molecular flexibility index (Phi) is 8.40. The summed E-state index contributed by atoms with van der Waals surface area (Å²) < 4.78 is 5.26. The topological polar surface area (TPSA) is 84.5 Å². The third kappa shape index (κ3) is 7.41. The standard InChI is InChI=1S/C23H28N2O4/c1-4-19(20-8-6-5-7-9-20)15-24-23(28)16(2)29-22(27)14-18-10-12-21(13-11-18)25-17(3)26/h5-13,16,19H,4,14-15H2,1-3H3,(H,24,28)(H,25,26)/t16-,19+/m1/s1. The molecule has 2 aromatic carbocycles. The van der Waals surface area contributed by atoms with Crippen molar-refractivity contribution in [3.05, 3.63) is 65.7 Å². The highest BCUT2D eigenvalue weighted by Gasteiger charge is 2.19. The predicted octanol–water partition coefficient (Wildman–Crippen LogP) is 3.43. The summed E-state index contributed by atoms with van der Waals surface area (Å²) in [5, 5.41) is 5.53. The van der Waals surface area contributed by atoms with E-state index in [0.717, 1.165) is 12.0 Å². The van der Waals surface area contributed by atoms with Crippen molar-refractivity contribution in [3.63, 3.8) is 0 Å². The van der Waals surface area contributed by atoms with Crippen molar-refractivity contribution < 1.29 is 19.1 Å². The number of carbonyl (C=O) groups is 3. The van der Waals surface area contributed by atoms with Crippen LogP contribution in [0.5, 0.6) is 0 Å². The quantitative estimate of drug-likeness (QED) is 0.636. The third-order valence-corrected chi connectivity index (χ3v) is 4.59. The summed E-state index contributed by atoms with van der Waals surface area (Å²) in [6, 6.07) is 16.9. The molecular formula is C23H28N2O4. The van der Waals surface area contributed by atoms with E-state index in [4.69, 9.17) is 4.74 Å². The summed E-state index contributed by atoms with van der Waals surface area (Å²) >= 11 is 0. The van der Waals surface area contributed by atoms with E-state index in [1.54, 1.807) is 31.2 Å². The SMILES string of the molecule is CC[C@@H](CNC(=O)[C@@H](C)OC(=O)Cc1ccc(NC(C)=O)cc1)c1ccccc1. The first-order valence-corrected chi connectivity index (χ1v) is 9.77. The molecule has 0 spiro atoms. The van der Waals surface area contributed by atoms with Crippen LogP contribution in [0.1, 0.15) is 44.2 Å². The maximum Gasteiger partial charge on any atom is 0.311 e. The summed E-state index contributed by atoms with van der Waals surface area (Å²) in [4.78, 5) is 35.5. The van der Waals surface area contributed by atoms with E-state index in [-0.39, 0.29) is 24.2 Å². The molecule has 0 aliphatic carbocycles. The van der Waals surface area contributed by atoms with Gasteiger partial charge in [-0.2, -0.15) is 0 Å². The number of carbonyl (C=O) groups excluding carboxylic acids is 3. The van der Waals surface area contributed by atoms with Crippen LogP contribution in [-0.2, 0) is 25.5 Å². The molecule has 2 atom stereocenters. The summed E-state index contributed by atoms with van der Waals surface area (Å²) in [7, 11) is 0. The lowest BCUT2D eigenvalue weighted by atomic mass is 9.96. The molecule has 6 heteroatoms. The number of nitrogens with one attached hydrogen (secondary N) is 2. The molecule has 2 aromatic rings. The van der Waals surface area contributed by atoms with Crippen LogP contribution in [0, 0.1) is 0 Å². The minimum Gasteiger partial charge on any atom is -0.452 e. The molecule has 29 heavy (non-hydrogen) atoms. The van der Waals surface area contributed by atoms with Gasteiger partial charge < -0.3 is 15.4 Å². The van der Waals surface area contributed by atoms with E-state index in [1.165, 1.54) is 12.5 Å². The first kappa shape index (κ1) is 22.1. The van der Waals surface area contributed by atoms with Crippen LogP contribution in [0.25, 0.3) is 0 Å². The number of anilines is 1. The molecule has 0 saturated carbocycles. The molecule has 0 bridgehead atoms. The fourth-order valence-corrected chi connectivity index (χ4v) is 2.96. The van der Waals surface area contributed by atoms with Gasteiger partial charge in [0.1, 0.15) is 0 Å². The second kappa shape index (κ2) is 11.0. The minimum atomic E-state index is -0.866. The van der Waals surface area contributed by atoms with Crippen LogP contribution in [0.3, 0.4) is 0 Å². The summed E-state index contributed by atoms with van der Waals surface area (Å²) in [5.74, 6) is -0.733. The van der Waals surface area contributed by atoms with Crippen LogP contribution in [-0.4, -0.2) is 30.4 Å². The van der Waals surface area contributed by atoms with Crippen LogP contribution in [0.15, 0.2) is 54.6 Å². The van der Waals surface area contributed by atoms with Gasteiger partial charge in [-0.3, -0.25) is 14.4 Å². The summed E-state index contributed by atoms with van der Waals surface area (Å²) in [5.41, 5.74) is 2.57. The largest absolute Gasteiger partial charge is 0.452 e. The predicted molar refractivity (Wildman–Crippen MR) is 112 cm³/mol. The lowest BCUT2D eigenvalue weighted by Gasteiger charge is -2.18. The van der Waals surface area contributed by atoms with Crippen LogP contribution >= 0.6 is 0 Å². The second-order valence-corrected chi connectivity index (χ2v) is 6.95. The molecule has 0 aliphatic heterocycles. The van der Waals surface area contributed by atoms with Gasteiger partial charge in [0.05, 0.1) is 6.42 Å². The monoisotopic (exact) mass is 396 g/mol. The van der Waals surface area contributed by atoms with E-state index < -0.39 is 12.1 Å². The number of hydrogen-bond acceptors (Lipinski definition) is 4. The van der Waals surface area contributed by atoms with Crippen LogP contribution in [0.4, 0.5) is 5.69 Å². The molecule has 0 heterocycles. The van der Waals surface area contributed by atoms with E-state index in [0.29, 0.717) is 12.2 Å². The van der Waals surface area contributed by atoms with E-state index in [9.17, 15) is 14.4 Å². The van der Waals surface area contributed by atoms with Gasteiger partial charge in [0.2, 0.25) is 5.91 Å². The summed E-state index contributed by atoms with van der Waals surface area (Å²) in [6.07, 6.45) is 0.0846. The zero-order valence-electron chi connectivity index (χ0n) is 17.1. The Hall–Kier alpha value is -3.15. The molecule has 0 aromatic heterocycles. The van der Waals surface area contributed by atoms with Crippen molar-refractivity contribution >= 4 is 23.5 Å². The van der Waals surface area contributed by atoms with Gasteiger partial charge in [0.15, 0.2) is 6.10 Å². The van der Waals surface area contributed by atoms with Gasteiger partial charge in [0.25, 0.3) is 5.91 Å². The molecule has 6 nitrogen and oxygen atoms in total. The molecule has 0 fully saturated rings. The van der Waals surface area contributed by atoms with Crippen molar-refractivity contribution in [3.8, 4) is 0 Å². The first-order chi connectivity index (χ1) is 13.9. The normalized spacial score (nSPS) is 12.5. The fourth-order valence-electron chi connectivity index (χ4n) is 2.96. The number of hydrogen-bond donors (Lipinski definition) is 2. The molecule has 0 saturated heterocycles. The van der Waals surface area contributed by atoms with Gasteiger partial charge >= 0.3 is 5.97 Å². The second-order valence-electron chi connectivity index (χ2n) is 6.95. The number of ether oxygens (including phenoxy) is 1. The number of esters is 1. The molecular weight excluding hydrogens is 368 g/mol. The molecule has 154 valence electrons. The van der Waals surface area contributed by atoms with E-state index >= 15 is 0 Å². The number of rotatable bonds is 9. The number of amides is 2. The Morgan fingerprint density at radius 2 is 1.66 bits per heavy atom. The van der Waals surface area contributed by atoms with Crippen LogP contribution in [0.2, 0.25) is 0 Å². The average Bonchev–Trinajstić information content (AvgIpc) is 2.70. The zero-order valence-corrected chi connectivity index (χ0v) is 17.1. The smallest absolute Gasteiger partial charge is 0.311 e. The van der Waals surface area contributed by atoms with Crippen molar-refractivity contribution in [2.75, 3.05) is 11.9 Å². The lowest BCUT2D eigenvalue weighted by molar-refractivity contribution is -0.154. The molecule has 0 aliphatic rings. The average molecular weight is 396 g/mol. The van der Waals surface area contributed by atoms with Crippen molar-refractivity contribution in [2.45, 2.75) is 45.6 Å². The van der Waals surface area contributed by atoms with Gasteiger partial charge in [0, 0.05) is 25.1 Å². The lowest BCUT2D eigenvalue weighted by Crippen LogP contribution is -2.38. The molecule has 0 radical (unpaired) electrons. The highest BCUT2D eigenvalue weighted by Crippen LogP contribution is 2.18. The third-order valence-electron chi connectivity index (χ3n) is 4.59. The Balaban J connectivity index is 1.80. The maximum absolute atomic E-state index is 12.3. The summed E-state index contributed by atoms with van der Waals surface area (Å²) in [6.45, 7) is 5.56. The Bertz CT molecular complexity index is 819. The van der Waals surface area contributed by atoms with Gasteiger partial charge in [-0.25, -0.2) is 0 Å². The Morgan fingerprint density at radius 3 is 2.24 bits per heavy atom. The van der Waals surface area contributed by atoms with Gasteiger partial charge in [-0.15, -0.1) is 0 Å². The molecule has 2 rings (SSSR count). The Labute approximate surface area is 171 Å². The molecule has 2 N–H and O–H groups in total. The zero-order chi connectivity index (χ0) is 21.2. The molecule has 0 unspecified atom stereocenters. The van der Waals surface area contributed by atoms with Gasteiger partial charge in [-0.05, 0) is 36.6 Å². The van der Waals surface area contributed by atoms with Gasteiger partial charge in [-0.1, -0.05) is 49.4 Å². The molecule has 2 amide bonds. The fraction of sp³-hybridized carbons (Fsp3) is 0.348. The van der Waals surface area contributed by atoms with Crippen molar-refractivity contribution in [1.82, 2.24) is 5.32 Å². The van der Waals surface area contributed by atoms with E-state index in [1.807, 2.05) is 30.3 Å².